The quantitative estimate of drug-likeness (QED) is 0.714. The van der Waals surface area contributed by atoms with Crippen molar-refractivity contribution in [2.24, 2.45) is 22.6 Å². The van der Waals surface area contributed by atoms with Gasteiger partial charge < -0.3 is 10.6 Å². The molecular formula is C21H37N3O2. The van der Waals surface area contributed by atoms with E-state index in [4.69, 9.17) is 10.7 Å². The number of piperidine rings is 1. The van der Waals surface area contributed by atoms with Gasteiger partial charge in [0.05, 0.1) is 5.84 Å². The number of likely N-dealkylation sites (tertiary alicyclic amines) is 1. The van der Waals surface area contributed by atoms with Gasteiger partial charge in [0, 0.05) is 32.4 Å². The van der Waals surface area contributed by atoms with Crippen LogP contribution >= 0.6 is 0 Å². The van der Waals surface area contributed by atoms with Crippen molar-refractivity contribution in [3.63, 3.8) is 0 Å². The smallest absolute Gasteiger partial charge is 0.219 e. The number of aliphatic imine (C=N–C) groups is 1. The molecule has 1 unspecified atom stereocenters. The molecule has 5 heteroatoms. The topological polar surface area (TPSA) is 75.8 Å². The summed E-state index contributed by atoms with van der Waals surface area (Å²) in [5.41, 5.74) is 5.65. The fraction of sp³-hybridized carbons (Fsp3) is 0.857. The third kappa shape index (κ3) is 5.08. The Labute approximate surface area is 158 Å². The van der Waals surface area contributed by atoms with Crippen molar-refractivity contribution in [2.45, 2.75) is 90.5 Å². The molecule has 0 aliphatic carbocycles. The van der Waals surface area contributed by atoms with Gasteiger partial charge in [0.15, 0.2) is 5.78 Å². The molecular weight excluding hydrogens is 326 g/mol. The maximum Gasteiger partial charge on any atom is 0.219 e. The Morgan fingerprint density at radius 3 is 2.27 bits per heavy atom. The number of hydrogen-bond donors (Lipinski definition) is 1. The van der Waals surface area contributed by atoms with Crippen molar-refractivity contribution >= 4 is 17.5 Å². The molecule has 26 heavy (non-hydrogen) atoms. The lowest BCUT2D eigenvalue weighted by molar-refractivity contribution is -0.132. The van der Waals surface area contributed by atoms with Crippen LogP contribution in [-0.4, -0.2) is 41.1 Å². The van der Waals surface area contributed by atoms with Crippen LogP contribution in [0.25, 0.3) is 0 Å². The maximum absolute atomic E-state index is 13.4. The van der Waals surface area contributed by atoms with Crippen molar-refractivity contribution in [3.8, 4) is 0 Å². The average Bonchev–Trinajstić information content (AvgIpc) is 2.62. The van der Waals surface area contributed by atoms with E-state index in [0.717, 1.165) is 70.9 Å². The molecule has 1 saturated heterocycles. The molecule has 5 nitrogen and oxygen atoms in total. The molecule has 2 N–H and O–H groups in total. The summed E-state index contributed by atoms with van der Waals surface area (Å²) in [4.78, 5) is 31.6. The van der Waals surface area contributed by atoms with Gasteiger partial charge in [0.1, 0.15) is 5.54 Å². The fourth-order valence-electron chi connectivity index (χ4n) is 4.60. The van der Waals surface area contributed by atoms with Crippen LogP contribution in [0.4, 0.5) is 0 Å². The molecule has 0 bridgehead atoms. The van der Waals surface area contributed by atoms with Gasteiger partial charge in [0.2, 0.25) is 5.91 Å². The number of amidine groups is 1. The summed E-state index contributed by atoms with van der Waals surface area (Å²) in [6.45, 7) is 7.60. The molecule has 2 aliphatic rings. The molecule has 148 valence electrons. The van der Waals surface area contributed by atoms with Crippen molar-refractivity contribution in [3.05, 3.63) is 0 Å². The minimum Gasteiger partial charge on any atom is -0.387 e. The number of unbranched alkanes of at least 4 members (excludes halogenated alkanes) is 2. The van der Waals surface area contributed by atoms with Gasteiger partial charge in [-0.05, 0) is 38.0 Å². The molecule has 0 aromatic rings. The Hall–Kier alpha value is -1.39. The summed E-state index contributed by atoms with van der Waals surface area (Å²) >= 11 is 0. The minimum absolute atomic E-state index is 0.00934. The zero-order chi connectivity index (χ0) is 19.2. The highest BCUT2D eigenvalue weighted by atomic mass is 16.2. The van der Waals surface area contributed by atoms with E-state index in [1.54, 1.807) is 6.92 Å². The molecule has 0 radical (unpaired) electrons. The van der Waals surface area contributed by atoms with Crippen LogP contribution in [0, 0.1) is 11.8 Å². The van der Waals surface area contributed by atoms with E-state index < -0.39 is 5.54 Å². The predicted octanol–water partition coefficient (Wildman–Crippen LogP) is 3.70. The molecule has 1 fully saturated rings. The summed E-state index contributed by atoms with van der Waals surface area (Å²) in [5, 5.41) is 0. The highest BCUT2D eigenvalue weighted by Crippen LogP contribution is 2.38. The van der Waals surface area contributed by atoms with E-state index in [1.807, 2.05) is 4.90 Å². The fourth-order valence-corrected chi connectivity index (χ4v) is 4.60. The zero-order valence-electron chi connectivity index (χ0n) is 16.9. The average molecular weight is 364 g/mol. The first kappa shape index (κ1) is 20.9. The molecule has 1 atom stereocenters. The molecule has 0 spiro atoms. The number of nitrogens with zero attached hydrogens (tertiary/aromatic N) is 2. The van der Waals surface area contributed by atoms with E-state index >= 15 is 0 Å². The van der Waals surface area contributed by atoms with Gasteiger partial charge in [-0.1, -0.05) is 39.5 Å². The Morgan fingerprint density at radius 1 is 1.19 bits per heavy atom. The monoisotopic (exact) mass is 363 g/mol. The Kier molecular flexibility index (Phi) is 7.66. The highest BCUT2D eigenvalue weighted by Gasteiger charge is 2.44. The van der Waals surface area contributed by atoms with E-state index in [9.17, 15) is 9.59 Å². The summed E-state index contributed by atoms with van der Waals surface area (Å²) in [6, 6.07) is 0. The largest absolute Gasteiger partial charge is 0.387 e. The van der Waals surface area contributed by atoms with Crippen LogP contribution in [-0.2, 0) is 9.59 Å². The molecule has 1 amide bonds. The number of carbonyl (C=O) groups is 2. The molecule has 2 rings (SSSR count). The Bertz CT molecular complexity index is 513. The SMILES string of the molecule is CCCCC1(CCCC)N=C(N)CC(CC2CCN(C(C)=O)CC2)C1=O. The van der Waals surface area contributed by atoms with Crippen molar-refractivity contribution in [1.82, 2.24) is 4.90 Å². The van der Waals surface area contributed by atoms with Crippen LogP contribution in [0.5, 0.6) is 0 Å². The predicted molar refractivity (Wildman–Crippen MR) is 106 cm³/mol. The summed E-state index contributed by atoms with van der Waals surface area (Å²) in [6.07, 6.45) is 9.38. The van der Waals surface area contributed by atoms with Crippen molar-refractivity contribution < 1.29 is 9.59 Å². The third-order valence-electron chi connectivity index (χ3n) is 6.21. The van der Waals surface area contributed by atoms with Crippen LogP contribution in [0.1, 0.15) is 85.0 Å². The van der Waals surface area contributed by atoms with Crippen molar-refractivity contribution in [2.75, 3.05) is 13.1 Å². The van der Waals surface area contributed by atoms with Gasteiger partial charge in [0.25, 0.3) is 0 Å². The van der Waals surface area contributed by atoms with E-state index in [2.05, 4.69) is 13.8 Å². The number of ketones is 1. The highest BCUT2D eigenvalue weighted by molar-refractivity contribution is 6.00. The Balaban J connectivity index is 2.06. The first-order chi connectivity index (χ1) is 12.4. The van der Waals surface area contributed by atoms with Crippen molar-refractivity contribution in [1.29, 1.82) is 0 Å². The summed E-state index contributed by atoms with van der Waals surface area (Å²) < 4.78 is 0. The van der Waals surface area contributed by atoms with E-state index in [0.29, 0.717) is 24.0 Å². The van der Waals surface area contributed by atoms with Gasteiger partial charge >= 0.3 is 0 Å². The van der Waals surface area contributed by atoms with Gasteiger partial charge in [-0.3, -0.25) is 14.6 Å². The number of hydrogen-bond acceptors (Lipinski definition) is 4. The van der Waals surface area contributed by atoms with Gasteiger partial charge in [-0.2, -0.15) is 0 Å². The summed E-state index contributed by atoms with van der Waals surface area (Å²) in [5.74, 6) is 1.69. The molecule has 2 heterocycles. The van der Waals surface area contributed by atoms with Gasteiger partial charge in [-0.25, -0.2) is 0 Å². The number of carbonyl (C=O) groups excluding carboxylic acids is 2. The van der Waals surface area contributed by atoms with Crippen LogP contribution in [0.3, 0.4) is 0 Å². The van der Waals surface area contributed by atoms with Crippen LogP contribution in [0.2, 0.25) is 0 Å². The second-order valence-electron chi connectivity index (χ2n) is 8.29. The number of nitrogens with two attached hydrogens (primary N) is 1. The molecule has 0 aromatic carbocycles. The van der Waals surface area contributed by atoms with Gasteiger partial charge in [-0.15, -0.1) is 0 Å². The number of Topliss-reactive ketones (excluding diaryl/α,β-unsaturated/α-hetero) is 1. The maximum atomic E-state index is 13.4. The lowest BCUT2D eigenvalue weighted by atomic mass is 9.72. The normalized spacial score (nSPS) is 23.8. The summed E-state index contributed by atoms with van der Waals surface area (Å²) in [7, 11) is 0. The van der Waals surface area contributed by atoms with E-state index in [-0.39, 0.29) is 11.8 Å². The lowest BCUT2D eigenvalue weighted by Crippen LogP contribution is -2.48. The minimum atomic E-state index is -0.570. The third-order valence-corrected chi connectivity index (χ3v) is 6.21. The lowest BCUT2D eigenvalue weighted by Gasteiger charge is -2.39. The first-order valence-electron chi connectivity index (χ1n) is 10.6. The van der Waals surface area contributed by atoms with Crippen LogP contribution < -0.4 is 5.73 Å². The second-order valence-corrected chi connectivity index (χ2v) is 8.29. The molecule has 2 aliphatic heterocycles. The second kappa shape index (κ2) is 9.52. The number of rotatable bonds is 8. The molecule has 0 saturated carbocycles. The number of amides is 1. The molecule has 0 aromatic heterocycles. The first-order valence-corrected chi connectivity index (χ1v) is 10.6. The van der Waals surface area contributed by atoms with Crippen LogP contribution in [0.15, 0.2) is 4.99 Å². The Morgan fingerprint density at radius 2 is 1.77 bits per heavy atom. The standard InChI is InChI=1S/C21H37N3O2/c1-4-6-10-21(11-7-5-2)20(26)18(15-19(22)23-21)14-17-8-12-24(13-9-17)16(3)25/h17-18H,4-15H2,1-3H3,(H2,22,23). The van der Waals surface area contributed by atoms with E-state index in [1.165, 1.54) is 0 Å². The zero-order valence-corrected chi connectivity index (χ0v) is 16.9.